The van der Waals surface area contributed by atoms with Crippen molar-refractivity contribution in [2.45, 2.75) is 6.17 Å². The van der Waals surface area contributed by atoms with Crippen molar-refractivity contribution in [2.75, 3.05) is 13.4 Å². The van der Waals surface area contributed by atoms with Crippen molar-refractivity contribution in [3.8, 4) is 5.75 Å². The van der Waals surface area contributed by atoms with E-state index in [2.05, 4.69) is 26.3 Å². The van der Waals surface area contributed by atoms with Crippen LogP contribution >= 0.6 is 39.3 Å². The summed E-state index contributed by atoms with van der Waals surface area (Å²) in [6.07, 6.45) is 1.26. The molecule has 2 aromatic rings. The van der Waals surface area contributed by atoms with Gasteiger partial charge in [-0.15, -0.1) is 5.10 Å². The number of amides is 1. The van der Waals surface area contributed by atoms with Gasteiger partial charge >= 0.3 is 0 Å². The number of rotatable bonds is 2. The Morgan fingerprint density at radius 1 is 1.33 bits per heavy atom. The van der Waals surface area contributed by atoms with E-state index in [1.54, 1.807) is 24.3 Å². The Kier molecular flexibility index (Phi) is 4.88. The van der Waals surface area contributed by atoms with Crippen LogP contribution in [-0.4, -0.2) is 29.4 Å². The van der Waals surface area contributed by atoms with Gasteiger partial charge in [-0.1, -0.05) is 41.6 Å². The number of ether oxygens (including phenoxy) is 1. The molecule has 9 heteroatoms. The second-order valence-electron chi connectivity index (χ2n) is 5.79. The number of nitrogens with zero attached hydrogens (tertiary/aromatic N) is 3. The number of fused-ring (bicyclic) bond motifs is 2. The van der Waals surface area contributed by atoms with Gasteiger partial charge < -0.3 is 4.74 Å². The van der Waals surface area contributed by atoms with E-state index in [4.69, 9.17) is 21.3 Å². The Hall–Kier alpha value is -2.03. The van der Waals surface area contributed by atoms with Gasteiger partial charge in [0.25, 0.3) is 5.91 Å². The predicted octanol–water partition coefficient (Wildman–Crippen LogP) is 2.62. The number of carbonyl (C=O) groups excluding carboxylic acids is 1. The summed E-state index contributed by atoms with van der Waals surface area (Å²) in [5.41, 5.74) is 1.16. The first-order chi connectivity index (χ1) is 13.0. The monoisotopic (exact) mass is 464 g/mol. The first-order valence-corrected chi connectivity index (χ1v) is 10.4. The number of nitrogens with one attached hydrogen (secondary N) is 1. The van der Waals surface area contributed by atoms with Crippen molar-refractivity contribution in [3.05, 3.63) is 62.0 Å². The number of carbonyl (C=O) groups is 1. The zero-order chi connectivity index (χ0) is 19.1. The number of para-hydroxylation sites is 1. The molecule has 0 radical (unpaired) electrons. The predicted molar refractivity (Wildman–Crippen MR) is 110 cm³/mol. The van der Waals surface area contributed by atoms with Crippen molar-refractivity contribution >= 4 is 56.1 Å². The summed E-state index contributed by atoms with van der Waals surface area (Å²) >= 11 is 11.1. The zero-order valence-corrected chi connectivity index (χ0v) is 17.5. The molecule has 1 atom stereocenters. The number of thioether (sulfide) groups is 1. The van der Waals surface area contributed by atoms with E-state index in [1.807, 2.05) is 30.5 Å². The summed E-state index contributed by atoms with van der Waals surface area (Å²) in [5, 5.41) is 11.5. The molecule has 0 saturated carbocycles. The maximum absolute atomic E-state index is 12.8. The number of amidine groups is 1. The lowest BCUT2D eigenvalue weighted by molar-refractivity contribution is -0.116. The first-order valence-electron chi connectivity index (χ1n) is 7.96. The molecule has 1 amide bonds. The van der Waals surface area contributed by atoms with Crippen LogP contribution in [0.2, 0.25) is 5.02 Å². The van der Waals surface area contributed by atoms with E-state index in [1.165, 1.54) is 11.8 Å². The lowest BCUT2D eigenvalue weighted by atomic mass is 10.1. The van der Waals surface area contributed by atoms with Crippen molar-refractivity contribution < 1.29 is 9.53 Å². The van der Waals surface area contributed by atoms with Crippen molar-refractivity contribution in [1.82, 2.24) is 10.3 Å². The fourth-order valence-corrected chi connectivity index (χ4v) is 4.47. The number of benzene rings is 2. The highest BCUT2D eigenvalue weighted by Gasteiger charge is 2.36. The van der Waals surface area contributed by atoms with Crippen LogP contribution < -0.4 is 20.6 Å². The molecule has 0 bridgehead atoms. The van der Waals surface area contributed by atoms with Crippen LogP contribution in [0.25, 0.3) is 5.70 Å². The van der Waals surface area contributed by atoms with Gasteiger partial charge in [0.15, 0.2) is 11.3 Å². The van der Waals surface area contributed by atoms with Crippen LogP contribution in [0.5, 0.6) is 5.75 Å². The third-order valence-electron chi connectivity index (χ3n) is 4.23. The average Bonchev–Trinajstić information content (AvgIpc) is 2.66. The number of halogens is 2. The number of hydrazone groups is 1. The van der Waals surface area contributed by atoms with E-state index < -0.39 is 6.17 Å². The fraction of sp³-hybridized carbons (Fsp3) is 0.167. The Bertz CT molecular complexity index is 1110. The third kappa shape index (κ3) is 3.11. The maximum Gasteiger partial charge on any atom is 0.276 e. The molecule has 6 nitrogen and oxygen atoms in total. The Morgan fingerprint density at radius 3 is 2.85 bits per heavy atom. The van der Waals surface area contributed by atoms with Gasteiger partial charge in [-0.2, -0.15) is 0 Å². The smallest absolute Gasteiger partial charge is 0.276 e. The van der Waals surface area contributed by atoms with Gasteiger partial charge in [-0.05, 0) is 40.4 Å². The van der Waals surface area contributed by atoms with Gasteiger partial charge in [-0.25, -0.2) is 5.01 Å². The molecule has 138 valence electrons. The van der Waals surface area contributed by atoms with E-state index in [9.17, 15) is 4.79 Å². The molecule has 2 heterocycles. The minimum absolute atomic E-state index is 0.221. The SMILES string of the molecule is COc1c(Br)cc(Cl)cc1[C@H]1N=c2ccccc2=C2C(=O)NC(SC)=NN21. The lowest BCUT2D eigenvalue weighted by Crippen LogP contribution is -2.50. The molecule has 0 spiro atoms. The number of hydrogen-bond donors (Lipinski definition) is 1. The molecule has 4 rings (SSSR count). The van der Waals surface area contributed by atoms with Gasteiger partial charge in [0.1, 0.15) is 11.4 Å². The summed E-state index contributed by atoms with van der Waals surface area (Å²) in [5.74, 6) is 0.375. The van der Waals surface area contributed by atoms with E-state index in [0.29, 0.717) is 37.0 Å². The van der Waals surface area contributed by atoms with E-state index in [0.717, 1.165) is 5.22 Å². The van der Waals surface area contributed by atoms with Crippen LogP contribution in [-0.2, 0) is 4.79 Å². The van der Waals surface area contributed by atoms with Crippen LogP contribution in [0.4, 0.5) is 0 Å². The summed E-state index contributed by atoms with van der Waals surface area (Å²) < 4.78 is 6.28. The number of methoxy groups -OCH3 is 1. The van der Waals surface area contributed by atoms with Crippen molar-refractivity contribution in [2.24, 2.45) is 10.1 Å². The van der Waals surface area contributed by atoms with E-state index >= 15 is 0 Å². The largest absolute Gasteiger partial charge is 0.495 e. The van der Waals surface area contributed by atoms with Gasteiger partial charge in [0, 0.05) is 15.8 Å². The highest BCUT2D eigenvalue weighted by Crippen LogP contribution is 2.40. The minimum atomic E-state index is -0.590. The molecule has 27 heavy (non-hydrogen) atoms. The second-order valence-corrected chi connectivity index (χ2v) is 7.87. The van der Waals surface area contributed by atoms with Crippen molar-refractivity contribution in [1.29, 1.82) is 0 Å². The molecule has 0 aliphatic carbocycles. The fourth-order valence-electron chi connectivity index (χ4n) is 3.11. The van der Waals surface area contributed by atoms with Gasteiger partial charge in [0.05, 0.1) is 16.9 Å². The summed E-state index contributed by atoms with van der Waals surface area (Å²) in [7, 11) is 1.58. The average molecular weight is 466 g/mol. The van der Waals surface area contributed by atoms with Gasteiger partial charge in [-0.3, -0.25) is 15.1 Å². The molecular weight excluding hydrogens is 452 g/mol. The zero-order valence-electron chi connectivity index (χ0n) is 14.4. The number of hydrogen-bond acceptors (Lipinski definition) is 6. The molecule has 2 aromatic carbocycles. The standard InChI is InChI=1S/C18H14BrClN4O2S/c1-26-15-11(7-9(20)8-12(15)19)16-21-13-6-4-3-5-10(13)14-17(25)22-18(27-2)23-24(14)16/h3-8,16H,1-2H3,(H,22,23,25)/t16-/m0/s1. The van der Waals surface area contributed by atoms with Crippen LogP contribution in [0.1, 0.15) is 11.7 Å². The molecule has 0 unspecified atom stereocenters. The molecule has 2 aliphatic rings. The topological polar surface area (TPSA) is 66.3 Å². The molecule has 0 aromatic heterocycles. The molecule has 2 aliphatic heterocycles. The van der Waals surface area contributed by atoms with Gasteiger partial charge in [0.2, 0.25) is 0 Å². The first kappa shape index (κ1) is 18.3. The molecule has 0 saturated heterocycles. The van der Waals surface area contributed by atoms with Crippen LogP contribution in [0.3, 0.4) is 0 Å². The highest BCUT2D eigenvalue weighted by atomic mass is 79.9. The second kappa shape index (κ2) is 7.18. The highest BCUT2D eigenvalue weighted by molar-refractivity contribution is 9.10. The summed E-state index contributed by atoms with van der Waals surface area (Å²) in [6, 6.07) is 11.0. The van der Waals surface area contributed by atoms with E-state index in [-0.39, 0.29) is 5.91 Å². The normalized spacial score (nSPS) is 18.1. The molecule has 1 N–H and O–H groups in total. The Balaban J connectivity index is 2.03. The van der Waals surface area contributed by atoms with Crippen LogP contribution in [0, 0.1) is 0 Å². The quantitative estimate of drug-likeness (QED) is 0.740. The third-order valence-corrected chi connectivity index (χ3v) is 5.61. The lowest BCUT2D eigenvalue weighted by Gasteiger charge is -2.34. The van der Waals surface area contributed by atoms with Crippen LogP contribution in [0.15, 0.2) is 51.0 Å². The summed E-state index contributed by atoms with van der Waals surface area (Å²) in [6.45, 7) is 0. The Labute approximate surface area is 173 Å². The Morgan fingerprint density at radius 2 is 2.11 bits per heavy atom. The molecular formula is C18H14BrClN4O2S. The molecule has 0 fully saturated rings. The maximum atomic E-state index is 12.8. The van der Waals surface area contributed by atoms with Crippen molar-refractivity contribution in [3.63, 3.8) is 0 Å². The minimum Gasteiger partial charge on any atom is -0.495 e. The summed E-state index contributed by atoms with van der Waals surface area (Å²) in [4.78, 5) is 17.7.